The Balaban J connectivity index is 2.43. The van der Waals surface area contributed by atoms with E-state index in [0.717, 1.165) is 12.8 Å². The van der Waals surface area contributed by atoms with E-state index in [-0.39, 0.29) is 11.7 Å². The molecule has 3 N–H and O–H groups in total. The molecule has 0 aromatic rings. The Morgan fingerprint density at radius 2 is 2.24 bits per heavy atom. The van der Waals surface area contributed by atoms with Crippen LogP contribution in [0.15, 0.2) is 0 Å². The molecule has 1 aliphatic rings. The molecule has 2 unspecified atom stereocenters. The Kier molecular flexibility index (Phi) is 4.86. The Bertz CT molecular complexity index is 383. The molecule has 0 aliphatic heterocycles. The van der Waals surface area contributed by atoms with Crippen LogP contribution in [0.4, 0.5) is 0 Å². The first-order valence-corrected chi connectivity index (χ1v) is 8.68. The van der Waals surface area contributed by atoms with Gasteiger partial charge in [-0.1, -0.05) is 0 Å². The van der Waals surface area contributed by atoms with E-state index in [1.54, 1.807) is 18.8 Å². The molecule has 2 atom stereocenters. The van der Waals surface area contributed by atoms with E-state index in [4.69, 9.17) is 5.73 Å². The van der Waals surface area contributed by atoms with Gasteiger partial charge in [-0.05, 0) is 26.3 Å². The lowest BCUT2D eigenvalue weighted by Gasteiger charge is -2.24. The van der Waals surface area contributed by atoms with Gasteiger partial charge in [0, 0.05) is 17.3 Å². The molecule has 0 bridgehead atoms. The molecule has 0 heterocycles. The van der Waals surface area contributed by atoms with Crippen molar-refractivity contribution in [3.05, 3.63) is 0 Å². The number of rotatable bonds is 6. The first kappa shape index (κ1) is 14.8. The van der Waals surface area contributed by atoms with Gasteiger partial charge in [0.2, 0.25) is 5.91 Å². The predicted molar refractivity (Wildman–Crippen MR) is 70.8 cm³/mol. The van der Waals surface area contributed by atoms with Crippen molar-refractivity contribution in [2.24, 2.45) is 5.73 Å². The standard InChI is InChI=1S/C10H20N2O3S2/c1-12-10(9(11)13)4-3-8(7-10)16-5-6-17(2,14)15/h8,12H,3-7H2,1-2H3,(H2,11,13). The van der Waals surface area contributed by atoms with Crippen LogP contribution in [0, 0.1) is 0 Å². The van der Waals surface area contributed by atoms with E-state index < -0.39 is 15.4 Å². The van der Waals surface area contributed by atoms with Gasteiger partial charge in [-0.15, -0.1) is 0 Å². The van der Waals surface area contributed by atoms with Crippen molar-refractivity contribution < 1.29 is 13.2 Å². The second-order valence-electron chi connectivity index (χ2n) is 4.56. The fraction of sp³-hybridized carbons (Fsp3) is 0.900. The Labute approximate surface area is 107 Å². The van der Waals surface area contributed by atoms with E-state index in [1.807, 2.05) is 0 Å². The molecule has 7 heteroatoms. The third-order valence-electron chi connectivity index (χ3n) is 3.23. The molecule has 5 nitrogen and oxygen atoms in total. The molecule has 1 rings (SSSR count). The molecule has 17 heavy (non-hydrogen) atoms. The maximum absolute atomic E-state index is 11.4. The fourth-order valence-corrected chi connectivity index (χ4v) is 4.70. The monoisotopic (exact) mass is 280 g/mol. The highest BCUT2D eigenvalue weighted by atomic mass is 32.2. The van der Waals surface area contributed by atoms with E-state index in [1.165, 1.54) is 6.26 Å². The first-order chi connectivity index (χ1) is 7.79. The van der Waals surface area contributed by atoms with Crippen LogP contribution in [-0.2, 0) is 14.6 Å². The minimum absolute atomic E-state index is 0.192. The van der Waals surface area contributed by atoms with Gasteiger partial charge in [-0.2, -0.15) is 11.8 Å². The molecule has 1 amide bonds. The van der Waals surface area contributed by atoms with Crippen molar-refractivity contribution in [3.8, 4) is 0 Å². The van der Waals surface area contributed by atoms with E-state index in [9.17, 15) is 13.2 Å². The second kappa shape index (κ2) is 5.58. The molecule has 0 radical (unpaired) electrons. The molecule has 0 saturated heterocycles. The molecular weight excluding hydrogens is 260 g/mol. The summed E-state index contributed by atoms with van der Waals surface area (Å²) in [5, 5.41) is 3.32. The number of thioether (sulfide) groups is 1. The SMILES string of the molecule is CNC1(C(N)=O)CCC(SCCS(C)(=O)=O)C1. The van der Waals surface area contributed by atoms with Crippen LogP contribution in [0.2, 0.25) is 0 Å². The molecular formula is C10H20N2O3S2. The minimum Gasteiger partial charge on any atom is -0.368 e. The molecule has 0 aromatic carbocycles. The highest BCUT2D eigenvalue weighted by Crippen LogP contribution is 2.36. The number of nitrogens with two attached hydrogens (primary N) is 1. The van der Waals surface area contributed by atoms with Gasteiger partial charge in [0.25, 0.3) is 0 Å². The summed E-state index contributed by atoms with van der Waals surface area (Å²) in [7, 11) is -1.15. The van der Waals surface area contributed by atoms with Gasteiger partial charge < -0.3 is 11.1 Å². The summed E-state index contributed by atoms with van der Waals surface area (Å²) in [4.78, 5) is 11.4. The minimum atomic E-state index is -2.89. The largest absolute Gasteiger partial charge is 0.368 e. The molecule has 0 spiro atoms. The number of carbonyl (C=O) groups is 1. The van der Waals surface area contributed by atoms with Crippen molar-refractivity contribution in [2.75, 3.05) is 24.8 Å². The number of primary amides is 1. The average molecular weight is 280 g/mol. The van der Waals surface area contributed by atoms with Crippen LogP contribution < -0.4 is 11.1 Å². The third-order valence-corrected chi connectivity index (χ3v) is 5.74. The summed E-state index contributed by atoms with van der Waals surface area (Å²) in [5.74, 6) is 0.463. The van der Waals surface area contributed by atoms with E-state index in [0.29, 0.717) is 17.4 Å². The zero-order valence-corrected chi connectivity index (χ0v) is 11.9. The summed E-state index contributed by atoms with van der Waals surface area (Å²) in [6.45, 7) is 0. The number of hydrogen-bond donors (Lipinski definition) is 2. The zero-order chi connectivity index (χ0) is 13.1. The Morgan fingerprint density at radius 1 is 1.59 bits per heavy atom. The van der Waals surface area contributed by atoms with Gasteiger partial charge in [-0.3, -0.25) is 4.79 Å². The molecule has 1 aliphatic carbocycles. The maximum atomic E-state index is 11.4. The highest BCUT2D eigenvalue weighted by molar-refractivity contribution is 8.01. The number of likely N-dealkylation sites (N-methyl/N-ethyl adjacent to an activating group) is 1. The van der Waals surface area contributed by atoms with Crippen molar-refractivity contribution >= 4 is 27.5 Å². The average Bonchev–Trinajstić information content (AvgIpc) is 2.61. The van der Waals surface area contributed by atoms with Crippen LogP contribution in [0.1, 0.15) is 19.3 Å². The molecule has 100 valence electrons. The number of nitrogens with one attached hydrogen (secondary N) is 1. The third kappa shape index (κ3) is 4.15. The summed E-state index contributed by atoms with van der Waals surface area (Å²) in [6.07, 6.45) is 3.56. The van der Waals surface area contributed by atoms with Gasteiger partial charge in [-0.25, -0.2) is 8.42 Å². The maximum Gasteiger partial charge on any atom is 0.237 e. The lowest BCUT2D eigenvalue weighted by molar-refractivity contribution is -0.124. The fourth-order valence-electron chi connectivity index (χ4n) is 2.08. The first-order valence-electron chi connectivity index (χ1n) is 5.57. The smallest absolute Gasteiger partial charge is 0.237 e. The van der Waals surface area contributed by atoms with Gasteiger partial charge in [0.15, 0.2) is 0 Å². The van der Waals surface area contributed by atoms with Crippen molar-refractivity contribution in [3.63, 3.8) is 0 Å². The van der Waals surface area contributed by atoms with E-state index >= 15 is 0 Å². The molecule has 1 saturated carbocycles. The van der Waals surface area contributed by atoms with Crippen LogP contribution in [0.5, 0.6) is 0 Å². The molecule has 0 aromatic heterocycles. The number of amides is 1. The second-order valence-corrected chi connectivity index (χ2v) is 8.23. The summed E-state index contributed by atoms with van der Waals surface area (Å²) in [6, 6.07) is 0. The van der Waals surface area contributed by atoms with Gasteiger partial charge >= 0.3 is 0 Å². The number of hydrogen-bond acceptors (Lipinski definition) is 5. The normalized spacial score (nSPS) is 29.4. The number of carbonyl (C=O) groups excluding carboxylic acids is 1. The Hall–Kier alpha value is -0.270. The summed E-state index contributed by atoms with van der Waals surface area (Å²) >= 11 is 1.62. The lowest BCUT2D eigenvalue weighted by atomic mass is 9.97. The summed E-state index contributed by atoms with van der Waals surface area (Å²) < 4.78 is 22.0. The predicted octanol–water partition coefficient (Wildman–Crippen LogP) is -0.240. The van der Waals surface area contributed by atoms with E-state index in [2.05, 4.69) is 5.32 Å². The van der Waals surface area contributed by atoms with Crippen LogP contribution >= 0.6 is 11.8 Å². The molecule has 1 fully saturated rings. The quantitative estimate of drug-likeness (QED) is 0.701. The number of sulfone groups is 1. The van der Waals surface area contributed by atoms with Crippen LogP contribution in [0.25, 0.3) is 0 Å². The zero-order valence-electron chi connectivity index (χ0n) is 10.2. The van der Waals surface area contributed by atoms with Crippen molar-refractivity contribution in [1.29, 1.82) is 0 Å². The lowest BCUT2D eigenvalue weighted by Crippen LogP contribution is -2.52. The van der Waals surface area contributed by atoms with Crippen molar-refractivity contribution in [2.45, 2.75) is 30.1 Å². The van der Waals surface area contributed by atoms with Gasteiger partial charge in [0.1, 0.15) is 9.84 Å². The van der Waals surface area contributed by atoms with Crippen molar-refractivity contribution in [1.82, 2.24) is 5.32 Å². The highest BCUT2D eigenvalue weighted by Gasteiger charge is 2.42. The Morgan fingerprint density at radius 3 is 2.65 bits per heavy atom. The van der Waals surface area contributed by atoms with Crippen LogP contribution in [0.3, 0.4) is 0 Å². The van der Waals surface area contributed by atoms with Crippen LogP contribution in [-0.4, -0.2) is 49.9 Å². The topological polar surface area (TPSA) is 89.3 Å². The van der Waals surface area contributed by atoms with Gasteiger partial charge in [0.05, 0.1) is 11.3 Å². The summed E-state index contributed by atoms with van der Waals surface area (Å²) in [5.41, 5.74) is 4.80.